The van der Waals surface area contributed by atoms with Crippen LogP contribution in [0.15, 0.2) is 53.7 Å². The second kappa shape index (κ2) is 8.85. The van der Waals surface area contributed by atoms with Crippen LogP contribution in [0.25, 0.3) is 0 Å². The maximum absolute atomic E-state index is 13.0. The number of halogens is 3. The highest BCUT2D eigenvalue weighted by atomic mass is 35.5. The predicted octanol–water partition coefficient (Wildman–Crippen LogP) is 4.29. The van der Waals surface area contributed by atoms with Crippen LogP contribution in [0.4, 0.5) is 10.1 Å². The highest BCUT2D eigenvalue weighted by Gasteiger charge is 2.59. The molecular formula is C24H18Cl2FN3O4. The average molecular weight is 502 g/mol. The number of nitrogens with zero attached hydrogens (tertiary/aromatic N) is 2. The van der Waals surface area contributed by atoms with E-state index in [4.69, 9.17) is 27.9 Å². The number of hydrogen-bond donors (Lipinski definition) is 1. The first-order chi connectivity index (χ1) is 16.3. The maximum atomic E-state index is 13.0. The van der Waals surface area contributed by atoms with Crippen LogP contribution in [0.5, 0.6) is 5.75 Å². The molecule has 2 bridgehead atoms. The SMILES string of the molecule is O=C(COc1c(Cl)cc(C=NN2C(=O)[C@@H]3[C@H](C2=O)[C@H]2C=C[C@H]3C2)cc1Cl)Nc1ccc(F)cc1. The van der Waals surface area contributed by atoms with E-state index in [1.165, 1.54) is 42.6 Å². The third-order valence-corrected chi connectivity index (χ3v) is 6.83. The number of imide groups is 1. The molecule has 10 heteroatoms. The second-order valence-electron chi connectivity index (χ2n) is 8.39. The fraction of sp³-hybridized carbons (Fsp3) is 0.250. The van der Waals surface area contributed by atoms with Crippen molar-refractivity contribution < 1.29 is 23.5 Å². The van der Waals surface area contributed by atoms with Crippen molar-refractivity contribution in [1.82, 2.24) is 5.01 Å². The van der Waals surface area contributed by atoms with Crippen molar-refractivity contribution in [3.05, 3.63) is 70.0 Å². The summed E-state index contributed by atoms with van der Waals surface area (Å²) in [6, 6.07) is 8.29. The lowest BCUT2D eigenvalue weighted by Crippen LogP contribution is -2.28. The van der Waals surface area contributed by atoms with Gasteiger partial charge in [0.2, 0.25) is 0 Å². The first kappa shape index (κ1) is 22.6. The fourth-order valence-corrected chi connectivity index (χ4v) is 5.40. The Morgan fingerprint density at radius 3 is 2.26 bits per heavy atom. The molecule has 0 aromatic heterocycles. The molecule has 2 aromatic carbocycles. The number of nitrogens with one attached hydrogen (secondary N) is 1. The summed E-state index contributed by atoms with van der Waals surface area (Å²) >= 11 is 12.5. The zero-order valence-electron chi connectivity index (χ0n) is 17.6. The van der Waals surface area contributed by atoms with E-state index in [2.05, 4.69) is 10.4 Å². The summed E-state index contributed by atoms with van der Waals surface area (Å²) in [6.45, 7) is -0.375. The van der Waals surface area contributed by atoms with E-state index in [-0.39, 0.29) is 57.9 Å². The molecule has 0 radical (unpaired) electrons. The minimum Gasteiger partial charge on any atom is -0.481 e. The monoisotopic (exact) mass is 501 g/mol. The van der Waals surface area contributed by atoms with Crippen LogP contribution in [0.1, 0.15) is 12.0 Å². The van der Waals surface area contributed by atoms with Gasteiger partial charge in [-0.25, -0.2) is 4.39 Å². The number of allylic oxidation sites excluding steroid dienone is 2. The number of carbonyl (C=O) groups is 3. The molecule has 4 atom stereocenters. The van der Waals surface area contributed by atoms with Crippen molar-refractivity contribution in [2.24, 2.45) is 28.8 Å². The van der Waals surface area contributed by atoms with Gasteiger partial charge in [0.15, 0.2) is 12.4 Å². The van der Waals surface area contributed by atoms with E-state index >= 15 is 0 Å². The first-order valence-electron chi connectivity index (χ1n) is 10.6. The summed E-state index contributed by atoms with van der Waals surface area (Å²) in [5.41, 5.74) is 0.870. The highest BCUT2D eigenvalue weighted by Crippen LogP contribution is 2.52. The Bertz CT molecular complexity index is 1190. The van der Waals surface area contributed by atoms with Crippen molar-refractivity contribution >= 4 is 52.8 Å². The minimum atomic E-state index is -0.482. The zero-order valence-corrected chi connectivity index (χ0v) is 19.1. The topological polar surface area (TPSA) is 88.1 Å². The van der Waals surface area contributed by atoms with Gasteiger partial charge in [0, 0.05) is 5.69 Å². The largest absolute Gasteiger partial charge is 0.481 e. The standard InChI is InChI=1S/C24H18Cl2FN3O4/c25-17-7-12(10-28-30-23(32)20-13-1-2-14(9-13)21(20)24(30)33)8-18(26)22(17)34-11-19(31)29-16-5-3-15(27)4-6-16/h1-8,10,13-14,20-21H,9,11H2,(H,29,31)/t13-,14-,20-,21+/m0/s1. The van der Waals surface area contributed by atoms with Crippen LogP contribution in [-0.4, -0.2) is 35.6 Å². The summed E-state index contributed by atoms with van der Waals surface area (Å²) in [4.78, 5) is 37.5. The van der Waals surface area contributed by atoms with Crippen LogP contribution in [0.2, 0.25) is 10.0 Å². The van der Waals surface area contributed by atoms with Gasteiger partial charge in [-0.05, 0) is 60.2 Å². The van der Waals surface area contributed by atoms with Crippen LogP contribution >= 0.6 is 23.2 Å². The molecule has 1 saturated carbocycles. The van der Waals surface area contributed by atoms with E-state index in [1.807, 2.05) is 12.2 Å². The number of hydrogen-bond acceptors (Lipinski definition) is 5. The van der Waals surface area contributed by atoms with Gasteiger partial charge in [-0.2, -0.15) is 10.1 Å². The molecule has 1 N–H and O–H groups in total. The Morgan fingerprint density at radius 1 is 1.09 bits per heavy atom. The maximum Gasteiger partial charge on any atom is 0.262 e. The Balaban J connectivity index is 1.23. The van der Waals surface area contributed by atoms with Gasteiger partial charge < -0.3 is 10.1 Å². The van der Waals surface area contributed by atoms with Gasteiger partial charge in [-0.1, -0.05) is 35.4 Å². The Morgan fingerprint density at radius 2 is 1.68 bits per heavy atom. The average Bonchev–Trinajstić information content (AvgIpc) is 3.47. The molecule has 0 spiro atoms. The zero-order chi connectivity index (χ0) is 24.0. The van der Waals surface area contributed by atoms with Crippen LogP contribution in [-0.2, 0) is 14.4 Å². The third kappa shape index (κ3) is 4.08. The number of rotatable bonds is 6. The molecule has 0 unspecified atom stereocenters. The first-order valence-corrected chi connectivity index (χ1v) is 11.3. The van der Waals surface area contributed by atoms with E-state index in [1.54, 1.807) is 0 Å². The molecule has 2 fully saturated rings. The molecule has 1 saturated heterocycles. The molecule has 3 aliphatic rings. The van der Waals surface area contributed by atoms with Gasteiger partial charge >= 0.3 is 0 Å². The minimum absolute atomic E-state index is 0.0975. The Hall–Kier alpha value is -3.23. The van der Waals surface area contributed by atoms with E-state index in [0.29, 0.717) is 11.3 Å². The molecule has 174 valence electrons. The van der Waals surface area contributed by atoms with Crippen molar-refractivity contribution in [3.8, 4) is 5.75 Å². The molecule has 7 nitrogen and oxygen atoms in total. The van der Waals surface area contributed by atoms with E-state index in [0.717, 1.165) is 11.4 Å². The summed E-state index contributed by atoms with van der Waals surface area (Å²) < 4.78 is 18.4. The summed E-state index contributed by atoms with van der Waals surface area (Å²) in [5, 5.41) is 7.86. The number of anilines is 1. The number of carbonyl (C=O) groups excluding carboxylic acids is 3. The van der Waals surface area contributed by atoms with Gasteiger partial charge in [-0.15, -0.1) is 0 Å². The third-order valence-electron chi connectivity index (χ3n) is 6.27. The van der Waals surface area contributed by atoms with Crippen molar-refractivity contribution in [2.45, 2.75) is 6.42 Å². The van der Waals surface area contributed by atoms with Crippen LogP contribution in [0.3, 0.4) is 0 Å². The molecule has 1 aliphatic heterocycles. The molecule has 5 rings (SSSR count). The Kier molecular flexibility index (Phi) is 5.87. The van der Waals surface area contributed by atoms with Crippen molar-refractivity contribution in [3.63, 3.8) is 0 Å². The van der Waals surface area contributed by atoms with Crippen molar-refractivity contribution in [2.75, 3.05) is 11.9 Å². The van der Waals surface area contributed by atoms with Gasteiger partial charge in [0.1, 0.15) is 5.82 Å². The number of hydrazone groups is 1. The predicted molar refractivity (Wildman–Crippen MR) is 124 cm³/mol. The molecular weight excluding hydrogens is 484 g/mol. The van der Waals surface area contributed by atoms with Gasteiger partial charge in [0.25, 0.3) is 17.7 Å². The molecule has 2 aromatic rings. The van der Waals surface area contributed by atoms with Gasteiger partial charge in [-0.3, -0.25) is 14.4 Å². The number of amides is 3. The molecule has 1 heterocycles. The lowest BCUT2D eigenvalue weighted by molar-refractivity contribution is -0.140. The quantitative estimate of drug-likeness (QED) is 0.363. The van der Waals surface area contributed by atoms with Gasteiger partial charge in [0.05, 0.1) is 28.1 Å². The van der Waals surface area contributed by atoms with E-state index < -0.39 is 11.7 Å². The summed E-state index contributed by atoms with van der Waals surface area (Å²) in [6.07, 6.45) is 6.22. The second-order valence-corrected chi connectivity index (χ2v) is 9.20. The summed E-state index contributed by atoms with van der Waals surface area (Å²) in [5.74, 6) is -1.82. The number of fused-ring (bicyclic) bond motifs is 5. The fourth-order valence-electron chi connectivity index (χ4n) is 4.78. The molecule has 3 amide bonds. The molecule has 34 heavy (non-hydrogen) atoms. The van der Waals surface area contributed by atoms with Crippen molar-refractivity contribution in [1.29, 1.82) is 0 Å². The molecule has 2 aliphatic carbocycles. The van der Waals surface area contributed by atoms with Crippen LogP contribution < -0.4 is 10.1 Å². The summed E-state index contributed by atoms with van der Waals surface area (Å²) in [7, 11) is 0. The Labute approximate surface area is 204 Å². The number of ether oxygens (including phenoxy) is 1. The smallest absolute Gasteiger partial charge is 0.262 e. The highest BCUT2D eigenvalue weighted by molar-refractivity contribution is 6.37. The van der Waals surface area contributed by atoms with Crippen LogP contribution in [0, 0.1) is 29.5 Å². The lowest BCUT2D eigenvalue weighted by Gasteiger charge is -2.13. The number of benzene rings is 2. The lowest BCUT2D eigenvalue weighted by atomic mass is 9.85. The normalized spacial score (nSPS) is 24.9. The van der Waals surface area contributed by atoms with E-state index in [9.17, 15) is 18.8 Å².